The Bertz CT molecular complexity index is 971. The molecule has 1 saturated heterocycles. The van der Waals surface area contributed by atoms with Crippen molar-refractivity contribution in [2.75, 3.05) is 38.3 Å². The smallest absolute Gasteiger partial charge is 0.283 e. The summed E-state index contributed by atoms with van der Waals surface area (Å²) in [5, 5.41) is 0.612. The number of ether oxygens (including phenoxy) is 2. The van der Waals surface area contributed by atoms with Crippen LogP contribution >= 0.6 is 23.4 Å². The molecule has 0 radical (unpaired) electrons. The molecule has 0 unspecified atom stereocenters. The Kier molecular flexibility index (Phi) is 5.80. The first-order valence-corrected chi connectivity index (χ1v) is 10.3. The summed E-state index contributed by atoms with van der Waals surface area (Å²) in [5.74, 6) is -0.243. The van der Waals surface area contributed by atoms with Gasteiger partial charge in [0, 0.05) is 23.0 Å². The van der Waals surface area contributed by atoms with Crippen LogP contribution in [0.25, 0.3) is 0 Å². The Morgan fingerprint density at radius 2 is 1.69 bits per heavy atom. The fourth-order valence-electron chi connectivity index (χ4n) is 3.31. The number of morpholine rings is 1. The van der Waals surface area contributed by atoms with Crippen LogP contribution in [0.15, 0.2) is 64.0 Å². The number of nitrogens with zero attached hydrogens (tertiary/aromatic N) is 2. The van der Waals surface area contributed by atoms with E-state index in [2.05, 4.69) is 0 Å². The Morgan fingerprint density at radius 3 is 2.38 bits per heavy atom. The van der Waals surface area contributed by atoms with Gasteiger partial charge in [-0.15, -0.1) is 0 Å². The van der Waals surface area contributed by atoms with E-state index in [9.17, 15) is 9.59 Å². The van der Waals surface area contributed by atoms with Gasteiger partial charge in [0.25, 0.3) is 11.8 Å². The molecule has 4 rings (SSSR count). The van der Waals surface area contributed by atoms with Crippen molar-refractivity contribution in [3.05, 3.63) is 64.2 Å². The summed E-state index contributed by atoms with van der Waals surface area (Å²) in [7, 11) is 1.52. The van der Waals surface area contributed by atoms with E-state index in [1.165, 1.54) is 23.8 Å². The van der Waals surface area contributed by atoms with Gasteiger partial charge in [0.1, 0.15) is 16.4 Å². The average molecular weight is 431 g/mol. The first-order valence-electron chi connectivity index (χ1n) is 9.12. The van der Waals surface area contributed by atoms with Crippen LogP contribution < -0.4 is 9.64 Å². The quantitative estimate of drug-likeness (QED) is 0.676. The largest absolute Gasteiger partial charge is 0.495 e. The zero-order valence-electron chi connectivity index (χ0n) is 15.8. The van der Waals surface area contributed by atoms with Crippen molar-refractivity contribution in [2.45, 2.75) is 4.90 Å². The first-order chi connectivity index (χ1) is 14.1. The number of para-hydroxylation sites is 2. The molecule has 2 aromatic carbocycles. The predicted molar refractivity (Wildman–Crippen MR) is 112 cm³/mol. The van der Waals surface area contributed by atoms with Gasteiger partial charge in [0.15, 0.2) is 0 Å². The molecule has 0 spiro atoms. The second-order valence-corrected chi connectivity index (χ2v) is 7.97. The van der Waals surface area contributed by atoms with E-state index >= 15 is 0 Å². The van der Waals surface area contributed by atoms with Gasteiger partial charge in [-0.3, -0.25) is 9.59 Å². The van der Waals surface area contributed by atoms with Gasteiger partial charge in [-0.2, -0.15) is 0 Å². The lowest BCUT2D eigenvalue weighted by molar-refractivity contribution is -0.121. The van der Waals surface area contributed by atoms with Crippen LogP contribution in [0.2, 0.25) is 5.02 Å². The minimum Gasteiger partial charge on any atom is -0.495 e. The second kappa shape index (κ2) is 8.49. The van der Waals surface area contributed by atoms with Gasteiger partial charge >= 0.3 is 0 Å². The molecule has 8 heteroatoms. The molecule has 6 nitrogen and oxygen atoms in total. The number of thioether (sulfide) groups is 1. The third-order valence-electron chi connectivity index (χ3n) is 4.71. The topological polar surface area (TPSA) is 59.1 Å². The number of amides is 2. The molecular weight excluding hydrogens is 412 g/mol. The van der Waals surface area contributed by atoms with Gasteiger partial charge in [-0.1, -0.05) is 35.5 Å². The number of benzene rings is 2. The maximum Gasteiger partial charge on any atom is 0.283 e. The van der Waals surface area contributed by atoms with Gasteiger partial charge in [0.05, 0.1) is 26.0 Å². The number of halogens is 1. The fraction of sp³-hybridized carbons (Fsp3) is 0.238. The molecule has 29 heavy (non-hydrogen) atoms. The van der Waals surface area contributed by atoms with Gasteiger partial charge in [-0.05, 0) is 36.4 Å². The normalized spacial score (nSPS) is 17.3. The number of methoxy groups -OCH3 is 1. The fourth-order valence-corrected chi connectivity index (χ4v) is 4.44. The Balaban J connectivity index is 1.76. The molecule has 1 fully saturated rings. The van der Waals surface area contributed by atoms with E-state index in [4.69, 9.17) is 21.1 Å². The lowest BCUT2D eigenvalue weighted by atomic mass is 10.2. The molecule has 2 heterocycles. The van der Waals surface area contributed by atoms with Crippen LogP contribution in [0.1, 0.15) is 0 Å². The third kappa shape index (κ3) is 3.85. The summed E-state index contributed by atoms with van der Waals surface area (Å²) in [6, 6.07) is 14.2. The molecule has 2 aromatic rings. The van der Waals surface area contributed by atoms with Gasteiger partial charge in [0.2, 0.25) is 0 Å². The maximum atomic E-state index is 13.4. The molecule has 0 saturated carbocycles. The minimum absolute atomic E-state index is 0.349. The monoisotopic (exact) mass is 430 g/mol. The molecule has 150 valence electrons. The third-order valence-corrected chi connectivity index (χ3v) is 6.04. The molecule has 2 amide bonds. The van der Waals surface area contributed by atoms with E-state index in [0.29, 0.717) is 53.4 Å². The average Bonchev–Trinajstić information content (AvgIpc) is 2.99. The van der Waals surface area contributed by atoms with Crippen molar-refractivity contribution < 1.29 is 19.1 Å². The predicted octanol–water partition coefficient (Wildman–Crippen LogP) is 3.56. The van der Waals surface area contributed by atoms with Crippen LogP contribution in [0, 0.1) is 0 Å². The Hall–Kier alpha value is -2.48. The van der Waals surface area contributed by atoms with E-state index in [0.717, 1.165) is 4.90 Å². The second-order valence-electron chi connectivity index (χ2n) is 6.45. The summed E-state index contributed by atoms with van der Waals surface area (Å²) in [4.78, 5) is 31.2. The van der Waals surface area contributed by atoms with Gasteiger partial charge < -0.3 is 14.4 Å². The Morgan fingerprint density at radius 1 is 1.00 bits per heavy atom. The number of carbonyl (C=O) groups excluding carboxylic acids is 2. The highest BCUT2D eigenvalue weighted by Crippen LogP contribution is 2.41. The van der Waals surface area contributed by atoms with Crippen molar-refractivity contribution in [1.82, 2.24) is 4.90 Å². The summed E-state index contributed by atoms with van der Waals surface area (Å²) < 4.78 is 10.8. The van der Waals surface area contributed by atoms with E-state index in [-0.39, 0.29) is 11.8 Å². The van der Waals surface area contributed by atoms with Crippen LogP contribution in [0.4, 0.5) is 5.69 Å². The van der Waals surface area contributed by atoms with Crippen molar-refractivity contribution in [1.29, 1.82) is 0 Å². The molecular formula is C21H19ClN2O4S. The zero-order valence-corrected chi connectivity index (χ0v) is 17.3. The lowest BCUT2D eigenvalue weighted by Gasteiger charge is -2.29. The van der Waals surface area contributed by atoms with Crippen molar-refractivity contribution in [3.8, 4) is 5.75 Å². The summed E-state index contributed by atoms with van der Waals surface area (Å²) >= 11 is 7.25. The standard InChI is InChI=1S/C21H19ClN2O4S/c1-27-17-5-3-2-4-16(17)24-20(25)18(23-10-12-28-13-11-23)19(21(24)26)29-15-8-6-14(22)7-9-15/h2-9H,10-13H2,1H3. The molecule has 0 aromatic heterocycles. The summed E-state index contributed by atoms with van der Waals surface area (Å²) in [6.45, 7) is 2.13. The summed E-state index contributed by atoms with van der Waals surface area (Å²) in [6.07, 6.45) is 0. The highest BCUT2D eigenvalue weighted by Gasteiger charge is 2.43. The van der Waals surface area contributed by atoms with Crippen LogP contribution in [-0.2, 0) is 14.3 Å². The van der Waals surface area contributed by atoms with Crippen molar-refractivity contribution >= 4 is 40.9 Å². The van der Waals surface area contributed by atoms with E-state index in [1.807, 2.05) is 17.0 Å². The van der Waals surface area contributed by atoms with E-state index in [1.54, 1.807) is 36.4 Å². The molecule has 2 aliphatic rings. The number of imide groups is 1. The molecule has 2 aliphatic heterocycles. The van der Waals surface area contributed by atoms with Crippen LogP contribution in [0.3, 0.4) is 0 Å². The molecule has 0 bridgehead atoms. The number of carbonyl (C=O) groups is 2. The zero-order chi connectivity index (χ0) is 20.4. The number of anilines is 1. The molecule has 0 atom stereocenters. The van der Waals surface area contributed by atoms with Crippen molar-refractivity contribution in [2.24, 2.45) is 0 Å². The summed E-state index contributed by atoms with van der Waals surface area (Å²) in [5.41, 5.74) is 0.839. The highest BCUT2D eigenvalue weighted by atomic mass is 35.5. The number of hydrogen-bond acceptors (Lipinski definition) is 6. The molecule has 0 aliphatic carbocycles. The minimum atomic E-state index is -0.360. The lowest BCUT2D eigenvalue weighted by Crippen LogP contribution is -2.40. The molecule has 0 N–H and O–H groups in total. The number of rotatable bonds is 5. The first kappa shape index (κ1) is 19.8. The van der Waals surface area contributed by atoms with Gasteiger partial charge in [-0.25, -0.2) is 4.90 Å². The van der Waals surface area contributed by atoms with E-state index < -0.39 is 0 Å². The maximum absolute atomic E-state index is 13.4. The SMILES string of the molecule is COc1ccccc1N1C(=O)C(Sc2ccc(Cl)cc2)=C(N2CCOCC2)C1=O. The number of hydrogen-bond donors (Lipinski definition) is 0. The highest BCUT2D eigenvalue weighted by molar-refractivity contribution is 8.04. The Labute approximate surface area is 178 Å². The van der Waals surface area contributed by atoms with Crippen molar-refractivity contribution in [3.63, 3.8) is 0 Å². The van der Waals surface area contributed by atoms with Crippen LogP contribution in [-0.4, -0.2) is 50.1 Å². The van der Waals surface area contributed by atoms with Crippen LogP contribution in [0.5, 0.6) is 5.75 Å².